The highest BCUT2D eigenvalue weighted by Crippen LogP contribution is 2.28. The third-order valence-corrected chi connectivity index (χ3v) is 4.37. The lowest BCUT2D eigenvalue weighted by atomic mass is 9.94. The third kappa shape index (κ3) is 4.25. The van der Waals surface area contributed by atoms with Crippen LogP contribution in [0.3, 0.4) is 0 Å². The number of hydrogen-bond donors (Lipinski definition) is 2. The van der Waals surface area contributed by atoms with Crippen molar-refractivity contribution < 1.29 is 10.0 Å². The first kappa shape index (κ1) is 15.9. The van der Waals surface area contributed by atoms with Gasteiger partial charge in [0.2, 0.25) is 0 Å². The third-order valence-electron chi connectivity index (χ3n) is 4.37. The largest absolute Gasteiger partial charge is 0.389 e. The Morgan fingerprint density at radius 1 is 1.29 bits per heavy atom. The van der Waals surface area contributed by atoms with Crippen LogP contribution in [0.4, 0.5) is 5.69 Å². The van der Waals surface area contributed by atoms with Crippen LogP contribution in [0.25, 0.3) is 0 Å². The summed E-state index contributed by atoms with van der Waals surface area (Å²) in [6, 6.07) is 6.62. The first-order valence-electron chi connectivity index (χ1n) is 7.71. The van der Waals surface area contributed by atoms with Gasteiger partial charge < -0.3 is 10.4 Å². The highest BCUT2D eigenvalue weighted by atomic mass is 16.6. The minimum atomic E-state index is -0.672. The van der Waals surface area contributed by atoms with Crippen LogP contribution >= 0.6 is 0 Å². The van der Waals surface area contributed by atoms with E-state index in [1.165, 1.54) is 18.9 Å². The summed E-state index contributed by atoms with van der Waals surface area (Å²) in [5, 5.41) is 25.0. The molecule has 1 aromatic carbocycles. The van der Waals surface area contributed by atoms with Gasteiger partial charge in [0.25, 0.3) is 5.69 Å². The van der Waals surface area contributed by atoms with Gasteiger partial charge in [-0.3, -0.25) is 10.1 Å². The second-order valence-corrected chi connectivity index (χ2v) is 6.06. The van der Waals surface area contributed by atoms with Gasteiger partial charge in [0.1, 0.15) is 0 Å². The normalized spacial score (nSPS) is 19.7. The summed E-state index contributed by atoms with van der Waals surface area (Å²) >= 11 is 0. The molecule has 5 heteroatoms. The van der Waals surface area contributed by atoms with Gasteiger partial charge in [-0.15, -0.1) is 0 Å². The first-order valence-corrected chi connectivity index (χ1v) is 7.71. The quantitative estimate of drug-likeness (QED) is 0.496. The molecule has 1 unspecified atom stereocenters. The molecule has 1 aliphatic rings. The standard InChI is InChI=1S/C16H24N2O3/c1-13(14-8-4-5-9-15(14)18(20)21)17-12-16(19)10-6-2-3-7-11-16/h4-5,8-9,13,17,19H,2-3,6-7,10-12H2,1H3. The molecule has 5 nitrogen and oxygen atoms in total. The maximum absolute atomic E-state index is 11.1. The lowest BCUT2D eigenvalue weighted by Gasteiger charge is -2.28. The molecule has 1 atom stereocenters. The van der Waals surface area contributed by atoms with E-state index in [-0.39, 0.29) is 16.7 Å². The Morgan fingerprint density at radius 2 is 1.90 bits per heavy atom. The van der Waals surface area contributed by atoms with Crippen molar-refractivity contribution in [2.45, 2.75) is 57.1 Å². The summed E-state index contributed by atoms with van der Waals surface area (Å²) in [6.07, 6.45) is 6.09. The molecule has 0 amide bonds. The van der Waals surface area contributed by atoms with E-state index < -0.39 is 5.60 Å². The molecule has 0 aliphatic heterocycles. The fraction of sp³-hybridized carbons (Fsp3) is 0.625. The Hall–Kier alpha value is -1.46. The van der Waals surface area contributed by atoms with Gasteiger partial charge in [0.05, 0.1) is 10.5 Å². The highest BCUT2D eigenvalue weighted by Gasteiger charge is 2.29. The summed E-state index contributed by atoms with van der Waals surface area (Å²) in [5.41, 5.74) is 0.124. The number of para-hydroxylation sites is 1. The van der Waals surface area contributed by atoms with Crippen LogP contribution in [-0.4, -0.2) is 22.2 Å². The van der Waals surface area contributed by atoms with E-state index in [1.807, 2.05) is 6.92 Å². The first-order chi connectivity index (χ1) is 10.0. The number of nitrogens with one attached hydrogen (secondary N) is 1. The van der Waals surface area contributed by atoms with Crippen molar-refractivity contribution >= 4 is 5.69 Å². The Bertz CT molecular complexity index is 482. The molecule has 1 fully saturated rings. The minimum Gasteiger partial charge on any atom is -0.389 e. The van der Waals surface area contributed by atoms with Crippen molar-refractivity contribution in [2.24, 2.45) is 0 Å². The van der Waals surface area contributed by atoms with Crippen molar-refractivity contribution in [3.05, 3.63) is 39.9 Å². The summed E-state index contributed by atoms with van der Waals surface area (Å²) in [6.45, 7) is 2.39. The summed E-state index contributed by atoms with van der Waals surface area (Å²) < 4.78 is 0. The number of aliphatic hydroxyl groups is 1. The van der Waals surface area contributed by atoms with E-state index >= 15 is 0 Å². The van der Waals surface area contributed by atoms with E-state index in [2.05, 4.69) is 5.32 Å². The Morgan fingerprint density at radius 3 is 2.52 bits per heavy atom. The van der Waals surface area contributed by atoms with Gasteiger partial charge in [-0.2, -0.15) is 0 Å². The molecule has 0 heterocycles. The van der Waals surface area contributed by atoms with Gasteiger partial charge in [-0.25, -0.2) is 0 Å². The second-order valence-electron chi connectivity index (χ2n) is 6.06. The maximum Gasteiger partial charge on any atom is 0.274 e. The van der Waals surface area contributed by atoms with Crippen LogP contribution < -0.4 is 5.32 Å². The number of nitrogens with zero attached hydrogens (tertiary/aromatic N) is 1. The van der Waals surface area contributed by atoms with Crippen LogP contribution in [0.5, 0.6) is 0 Å². The molecule has 1 saturated carbocycles. The molecule has 0 spiro atoms. The van der Waals surface area contributed by atoms with Crippen LogP contribution in [0.15, 0.2) is 24.3 Å². The monoisotopic (exact) mass is 292 g/mol. The summed E-state index contributed by atoms with van der Waals surface area (Å²) in [7, 11) is 0. The number of benzene rings is 1. The molecular weight excluding hydrogens is 268 g/mol. The second kappa shape index (κ2) is 7.00. The van der Waals surface area contributed by atoms with Gasteiger partial charge in [0.15, 0.2) is 0 Å². The van der Waals surface area contributed by atoms with Crippen LogP contribution in [0, 0.1) is 10.1 Å². The molecule has 0 saturated heterocycles. The topological polar surface area (TPSA) is 75.4 Å². The minimum absolute atomic E-state index is 0.130. The fourth-order valence-corrected chi connectivity index (χ4v) is 3.04. The zero-order chi connectivity index (χ0) is 15.3. The number of nitro benzene ring substituents is 1. The maximum atomic E-state index is 11.1. The number of nitro groups is 1. The molecule has 0 bridgehead atoms. The van der Waals surface area contributed by atoms with Gasteiger partial charge in [0, 0.05) is 24.2 Å². The van der Waals surface area contributed by atoms with E-state index in [4.69, 9.17) is 0 Å². The summed E-state index contributed by atoms with van der Waals surface area (Å²) in [4.78, 5) is 10.7. The van der Waals surface area contributed by atoms with Gasteiger partial charge in [-0.1, -0.05) is 43.9 Å². The Kier molecular flexibility index (Phi) is 5.31. The molecule has 21 heavy (non-hydrogen) atoms. The van der Waals surface area contributed by atoms with Gasteiger partial charge in [-0.05, 0) is 19.8 Å². The lowest BCUT2D eigenvalue weighted by Crippen LogP contribution is -2.41. The summed E-state index contributed by atoms with van der Waals surface area (Å²) in [5.74, 6) is 0. The molecular formula is C16H24N2O3. The highest BCUT2D eigenvalue weighted by molar-refractivity contribution is 5.41. The van der Waals surface area contributed by atoms with Crippen molar-refractivity contribution in [1.82, 2.24) is 5.32 Å². The SMILES string of the molecule is CC(NCC1(O)CCCCCC1)c1ccccc1[N+](=O)[O-]. The van der Waals surface area contributed by atoms with Crippen LogP contribution in [0.1, 0.15) is 57.1 Å². The van der Waals surface area contributed by atoms with Crippen molar-refractivity contribution in [1.29, 1.82) is 0 Å². The van der Waals surface area contributed by atoms with Crippen LogP contribution in [0.2, 0.25) is 0 Å². The molecule has 2 rings (SSSR count). The van der Waals surface area contributed by atoms with Crippen molar-refractivity contribution in [2.75, 3.05) is 6.54 Å². The van der Waals surface area contributed by atoms with Gasteiger partial charge >= 0.3 is 0 Å². The van der Waals surface area contributed by atoms with E-state index in [9.17, 15) is 15.2 Å². The van der Waals surface area contributed by atoms with Crippen molar-refractivity contribution in [3.63, 3.8) is 0 Å². The Labute approximate surface area is 125 Å². The van der Waals surface area contributed by atoms with E-state index in [0.717, 1.165) is 25.7 Å². The average molecular weight is 292 g/mol. The molecule has 0 radical (unpaired) electrons. The number of hydrogen-bond acceptors (Lipinski definition) is 4. The van der Waals surface area contributed by atoms with E-state index in [1.54, 1.807) is 18.2 Å². The predicted octanol–water partition coefficient (Wildman–Crippen LogP) is 3.33. The zero-order valence-corrected chi connectivity index (χ0v) is 12.5. The zero-order valence-electron chi connectivity index (χ0n) is 12.5. The smallest absolute Gasteiger partial charge is 0.274 e. The molecule has 0 aromatic heterocycles. The van der Waals surface area contributed by atoms with E-state index in [0.29, 0.717) is 12.1 Å². The average Bonchev–Trinajstić information content (AvgIpc) is 2.70. The fourth-order valence-electron chi connectivity index (χ4n) is 3.04. The molecule has 116 valence electrons. The van der Waals surface area contributed by atoms with Crippen LogP contribution in [-0.2, 0) is 0 Å². The van der Waals surface area contributed by atoms with Crippen molar-refractivity contribution in [3.8, 4) is 0 Å². The predicted molar refractivity (Wildman–Crippen MR) is 82.2 cm³/mol. The number of rotatable bonds is 5. The molecule has 1 aromatic rings. The molecule has 2 N–H and O–H groups in total. The Balaban J connectivity index is 2.01. The molecule has 1 aliphatic carbocycles. The lowest BCUT2D eigenvalue weighted by molar-refractivity contribution is -0.385.